The SMILES string of the molecule is COCCCn1cc(C)nc1NCC1(C)CCCS1. The Morgan fingerprint density at radius 1 is 1.58 bits per heavy atom. The second-order valence-electron chi connectivity index (χ2n) is 5.50. The molecule has 1 fully saturated rings. The van der Waals surface area contributed by atoms with Crippen LogP contribution in [0.3, 0.4) is 0 Å². The van der Waals surface area contributed by atoms with Crippen LogP contribution in [0.5, 0.6) is 0 Å². The predicted molar refractivity (Wildman–Crippen MR) is 82.0 cm³/mol. The van der Waals surface area contributed by atoms with Gasteiger partial charge in [-0.3, -0.25) is 0 Å². The van der Waals surface area contributed by atoms with Gasteiger partial charge in [0.15, 0.2) is 0 Å². The first-order valence-corrected chi connectivity index (χ1v) is 8.02. The molecular formula is C14H25N3OS. The molecule has 1 atom stereocenters. The molecule has 1 aliphatic rings. The lowest BCUT2D eigenvalue weighted by Gasteiger charge is -2.23. The zero-order chi connectivity index (χ0) is 13.7. The second-order valence-corrected chi connectivity index (χ2v) is 7.18. The third-order valence-corrected chi connectivity index (χ3v) is 5.10. The fraction of sp³-hybridized carbons (Fsp3) is 0.786. The Morgan fingerprint density at radius 3 is 3.11 bits per heavy atom. The maximum absolute atomic E-state index is 5.11. The minimum Gasteiger partial charge on any atom is -0.385 e. The van der Waals surface area contributed by atoms with Gasteiger partial charge in [-0.1, -0.05) is 0 Å². The Labute approximate surface area is 120 Å². The van der Waals surface area contributed by atoms with E-state index in [0.29, 0.717) is 4.75 Å². The molecule has 108 valence electrons. The third kappa shape index (κ3) is 4.14. The van der Waals surface area contributed by atoms with Gasteiger partial charge >= 0.3 is 0 Å². The molecule has 0 saturated carbocycles. The van der Waals surface area contributed by atoms with Crippen molar-refractivity contribution in [3.8, 4) is 0 Å². The number of imidazole rings is 1. The van der Waals surface area contributed by atoms with Gasteiger partial charge in [0, 0.05) is 37.8 Å². The Hall–Kier alpha value is -0.680. The van der Waals surface area contributed by atoms with Gasteiger partial charge in [0.05, 0.1) is 5.69 Å². The number of aryl methyl sites for hydroxylation is 2. The summed E-state index contributed by atoms with van der Waals surface area (Å²) in [4.78, 5) is 4.58. The van der Waals surface area contributed by atoms with Crippen molar-refractivity contribution < 1.29 is 4.74 Å². The summed E-state index contributed by atoms with van der Waals surface area (Å²) in [5.41, 5.74) is 1.07. The average molecular weight is 283 g/mol. The standard InChI is InChI=1S/C14H25N3OS/c1-12-10-17(7-5-8-18-3)13(16-12)15-11-14(2)6-4-9-19-14/h10H,4-9,11H2,1-3H3,(H,15,16). The highest BCUT2D eigenvalue weighted by Crippen LogP contribution is 2.37. The number of methoxy groups -OCH3 is 1. The molecule has 0 bridgehead atoms. The Balaban J connectivity index is 1.91. The van der Waals surface area contributed by atoms with Gasteiger partial charge in [0.1, 0.15) is 0 Å². The van der Waals surface area contributed by atoms with Crippen LogP contribution >= 0.6 is 11.8 Å². The molecule has 0 aliphatic carbocycles. The Kier molecular flexibility index (Phi) is 5.16. The van der Waals surface area contributed by atoms with Gasteiger partial charge in [0.2, 0.25) is 5.95 Å². The van der Waals surface area contributed by atoms with Crippen molar-refractivity contribution in [1.82, 2.24) is 9.55 Å². The first-order chi connectivity index (χ1) is 9.13. The summed E-state index contributed by atoms with van der Waals surface area (Å²) in [5, 5.41) is 3.53. The van der Waals surface area contributed by atoms with Crippen LogP contribution in [0.1, 0.15) is 31.9 Å². The Morgan fingerprint density at radius 2 is 2.42 bits per heavy atom. The predicted octanol–water partition coefficient (Wildman–Crippen LogP) is 2.93. The van der Waals surface area contributed by atoms with E-state index in [-0.39, 0.29) is 0 Å². The summed E-state index contributed by atoms with van der Waals surface area (Å²) in [5.74, 6) is 2.29. The number of thioether (sulfide) groups is 1. The molecule has 0 aromatic carbocycles. The number of rotatable bonds is 7. The van der Waals surface area contributed by atoms with Crippen molar-refractivity contribution in [3.05, 3.63) is 11.9 Å². The molecule has 19 heavy (non-hydrogen) atoms. The highest BCUT2D eigenvalue weighted by molar-refractivity contribution is 8.00. The van der Waals surface area contributed by atoms with E-state index < -0.39 is 0 Å². The van der Waals surface area contributed by atoms with E-state index in [4.69, 9.17) is 4.74 Å². The highest BCUT2D eigenvalue weighted by atomic mass is 32.2. The van der Waals surface area contributed by atoms with Crippen molar-refractivity contribution in [2.24, 2.45) is 0 Å². The molecule has 1 aliphatic heterocycles. The van der Waals surface area contributed by atoms with E-state index in [2.05, 4.69) is 39.8 Å². The number of nitrogens with zero attached hydrogens (tertiary/aromatic N) is 2. The summed E-state index contributed by atoms with van der Waals surface area (Å²) in [7, 11) is 1.75. The molecule has 4 nitrogen and oxygen atoms in total. The largest absolute Gasteiger partial charge is 0.385 e. The summed E-state index contributed by atoms with van der Waals surface area (Å²) >= 11 is 2.08. The lowest BCUT2D eigenvalue weighted by atomic mass is 10.1. The first-order valence-electron chi connectivity index (χ1n) is 7.03. The van der Waals surface area contributed by atoms with Gasteiger partial charge in [-0.2, -0.15) is 11.8 Å². The van der Waals surface area contributed by atoms with Gasteiger partial charge in [-0.25, -0.2) is 4.98 Å². The van der Waals surface area contributed by atoms with Crippen molar-refractivity contribution in [3.63, 3.8) is 0 Å². The highest BCUT2D eigenvalue weighted by Gasteiger charge is 2.29. The van der Waals surface area contributed by atoms with Crippen LogP contribution in [0.25, 0.3) is 0 Å². The molecule has 0 radical (unpaired) electrons. The number of hydrogen-bond donors (Lipinski definition) is 1. The van der Waals surface area contributed by atoms with E-state index in [1.807, 2.05) is 6.92 Å². The van der Waals surface area contributed by atoms with Crippen molar-refractivity contribution >= 4 is 17.7 Å². The van der Waals surface area contributed by atoms with E-state index in [1.165, 1.54) is 18.6 Å². The quantitative estimate of drug-likeness (QED) is 0.781. The number of anilines is 1. The van der Waals surface area contributed by atoms with Crippen LogP contribution in [0.15, 0.2) is 6.20 Å². The van der Waals surface area contributed by atoms with Crippen LogP contribution in [0.4, 0.5) is 5.95 Å². The molecule has 1 N–H and O–H groups in total. The number of ether oxygens (including phenoxy) is 1. The summed E-state index contributed by atoms with van der Waals surface area (Å²) in [6.07, 6.45) is 5.77. The molecule has 1 aromatic rings. The topological polar surface area (TPSA) is 39.1 Å². The molecule has 5 heteroatoms. The van der Waals surface area contributed by atoms with Gasteiger partial charge in [-0.05, 0) is 38.9 Å². The second kappa shape index (κ2) is 6.66. The minimum absolute atomic E-state index is 0.372. The minimum atomic E-state index is 0.372. The lowest BCUT2D eigenvalue weighted by molar-refractivity contribution is 0.190. The van der Waals surface area contributed by atoms with Crippen LogP contribution in [-0.2, 0) is 11.3 Å². The van der Waals surface area contributed by atoms with Gasteiger partial charge < -0.3 is 14.6 Å². The fourth-order valence-corrected chi connectivity index (χ4v) is 3.72. The number of hydrogen-bond acceptors (Lipinski definition) is 4. The van der Waals surface area contributed by atoms with Gasteiger partial charge in [0.25, 0.3) is 0 Å². The van der Waals surface area contributed by atoms with E-state index >= 15 is 0 Å². The molecular weight excluding hydrogens is 258 g/mol. The average Bonchev–Trinajstić information content (AvgIpc) is 2.95. The third-order valence-electron chi connectivity index (χ3n) is 3.57. The lowest BCUT2D eigenvalue weighted by Crippen LogP contribution is -2.28. The molecule has 2 rings (SSSR count). The maximum atomic E-state index is 5.11. The molecule has 1 unspecified atom stereocenters. The van der Waals surface area contributed by atoms with Crippen molar-refractivity contribution in [1.29, 1.82) is 0 Å². The van der Waals surface area contributed by atoms with Crippen LogP contribution < -0.4 is 5.32 Å². The summed E-state index contributed by atoms with van der Waals surface area (Å²) < 4.78 is 7.69. The molecule has 1 aromatic heterocycles. The molecule has 1 saturated heterocycles. The van der Waals surface area contributed by atoms with Crippen molar-refractivity contribution in [2.75, 3.05) is 31.3 Å². The zero-order valence-corrected chi connectivity index (χ0v) is 13.1. The van der Waals surface area contributed by atoms with Crippen LogP contribution in [-0.4, -0.2) is 40.3 Å². The van der Waals surface area contributed by atoms with Gasteiger partial charge in [-0.15, -0.1) is 0 Å². The zero-order valence-electron chi connectivity index (χ0n) is 12.2. The normalized spacial score (nSPS) is 22.9. The van der Waals surface area contributed by atoms with E-state index in [9.17, 15) is 0 Å². The molecule has 0 amide bonds. The molecule has 0 spiro atoms. The monoisotopic (exact) mass is 283 g/mol. The van der Waals surface area contributed by atoms with Crippen molar-refractivity contribution in [2.45, 2.75) is 44.4 Å². The smallest absolute Gasteiger partial charge is 0.203 e. The fourth-order valence-electron chi connectivity index (χ4n) is 2.48. The summed E-state index contributed by atoms with van der Waals surface area (Å²) in [6, 6.07) is 0. The van der Waals surface area contributed by atoms with E-state index in [1.54, 1.807) is 7.11 Å². The molecule has 2 heterocycles. The van der Waals surface area contributed by atoms with Crippen LogP contribution in [0.2, 0.25) is 0 Å². The maximum Gasteiger partial charge on any atom is 0.203 e. The number of nitrogens with one attached hydrogen (secondary N) is 1. The summed E-state index contributed by atoms with van der Waals surface area (Å²) in [6.45, 7) is 7.15. The van der Waals surface area contributed by atoms with Crippen LogP contribution in [0, 0.1) is 6.92 Å². The Bertz CT molecular complexity index is 399. The van der Waals surface area contributed by atoms with E-state index in [0.717, 1.165) is 37.8 Å². The first kappa shape index (κ1) is 14.7. The number of aromatic nitrogens is 2.